The molecule has 0 spiro atoms. The molecule has 0 bridgehead atoms. The lowest BCUT2D eigenvalue weighted by Crippen LogP contribution is -2.24. The average molecular weight is 256 g/mol. The Hall–Kier alpha value is -2.36. The lowest BCUT2D eigenvalue weighted by Gasteiger charge is -2.08. The summed E-state index contributed by atoms with van der Waals surface area (Å²) in [5.41, 5.74) is 2.45. The van der Waals surface area contributed by atoms with Gasteiger partial charge in [-0.3, -0.25) is 9.59 Å². The molecule has 19 heavy (non-hydrogen) atoms. The van der Waals surface area contributed by atoms with Crippen molar-refractivity contribution in [3.8, 4) is 0 Å². The van der Waals surface area contributed by atoms with Crippen molar-refractivity contribution >= 4 is 5.91 Å². The van der Waals surface area contributed by atoms with Crippen LogP contribution >= 0.6 is 0 Å². The molecule has 1 N–H and O–H groups in total. The van der Waals surface area contributed by atoms with Gasteiger partial charge in [0.2, 0.25) is 5.56 Å². The van der Waals surface area contributed by atoms with Crippen molar-refractivity contribution in [2.75, 3.05) is 0 Å². The minimum absolute atomic E-state index is 0.0611. The van der Waals surface area contributed by atoms with E-state index in [0.29, 0.717) is 12.1 Å². The first-order chi connectivity index (χ1) is 9.08. The van der Waals surface area contributed by atoms with Crippen molar-refractivity contribution in [1.29, 1.82) is 0 Å². The summed E-state index contributed by atoms with van der Waals surface area (Å²) >= 11 is 0. The molecule has 0 unspecified atom stereocenters. The molecule has 1 aromatic heterocycles. The maximum Gasteiger partial charge on any atom is 0.251 e. The van der Waals surface area contributed by atoms with Gasteiger partial charge in [0.1, 0.15) is 0 Å². The van der Waals surface area contributed by atoms with Gasteiger partial charge in [0.25, 0.3) is 5.91 Å². The number of aryl methyl sites for hydroxylation is 2. The van der Waals surface area contributed by atoms with Crippen molar-refractivity contribution in [2.45, 2.75) is 13.5 Å². The first kappa shape index (κ1) is 13.1. The number of rotatable bonds is 3. The second-order valence-corrected chi connectivity index (χ2v) is 4.48. The number of carbonyl (C=O) groups excluding carboxylic acids is 1. The van der Waals surface area contributed by atoms with Crippen LogP contribution in [-0.2, 0) is 13.6 Å². The molecule has 2 rings (SSSR count). The maximum absolute atomic E-state index is 12.0. The third-order valence-electron chi connectivity index (χ3n) is 2.99. The van der Waals surface area contributed by atoms with Crippen LogP contribution in [0.2, 0.25) is 0 Å². The van der Waals surface area contributed by atoms with Crippen LogP contribution in [0.1, 0.15) is 21.5 Å². The summed E-state index contributed by atoms with van der Waals surface area (Å²) in [4.78, 5) is 23.3. The third-order valence-corrected chi connectivity index (χ3v) is 2.99. The zero-order chi connectivity index (χ0) is 13.8. The standard InChI is InChI=1S/C15H16N2O2/c1-11-5-3-4-6-13(11)15(19)16-9-12-7-8-14(18)17(2)10-12/h3-8,10H,9H2,1-2H3,(H,16,19). The molecule has 0 aliphatic heterocycles. The fraction of sp³-hybridized carbons (Fsp3) is 0.200. The van der Waals surface area contributed by atoms with Crippen molar-refractivity contribution in [3.05, 3.63) is 69.6 Å². The van der Waals surface area contributed by atoms with Gasteiger partial charge < -0.3 is 9.88 Å². The van der Waals surface area contributed by atoms with Crippen LogP contribution in [0.3, 0.4) is 0 Å². The molecule has 2 aromatic rings. The molecular formula is C15H16N2O2. The van der Waals surface area contributed by atoms with Gasteiger partial charge in [-0.2, -0.15) is 0 Å². The van der Waals surface area contributed by atoms with Gasteiger partial charge >= 0.3 is 0 Å². The second-order valence-electron chi connectivity index (χ2n) is 4.48. The fourth-order valence-electron chi connectivity index (χ4n) is 1.86. The Morgan fingerprint density at radius 1 is 1.21 bits per heavy atom. The zero-order valence-electron chi connectivity index (χ0n) is 11.0. The van der Waals surface area contributed by atoms with Crippen molar-refractivity contribution < 1.29 is 4.79 Å². The predicted octanol–water partition coefficient (Wildman–Crippen LogP) is 1.62. The highest BCUT2D eigenvalue weighted by Crippen LogP contribution is 2.06. The van der Waals surface area contributed by atoms with Crippen LogP contribution in [0.15, 0.2) is 47.4 Å². The van der Waals surface area contributed by atoms with Gasteiger partial charge in [-0.1, -0.05) is 24.3 Å². The smallest absolute Gasteiger partial charge is 0.251 e. The summed E-state index contributed by atoms with van der Waals surface area (Å²) in [5.74, 6) is -0.105. The predicted molar refractivity (Wildman–Crippen MR) is 74.0 cm³/mol. The van der Waals surface area contributed by atoms with Crippen molar-refractivity contribution in [3.63, 3.8) is 0 Å². The molecule has 98 valence electrons. The van der Waals surface area contributed by atoms with E-state index in [1.807, 2.05) is 25.1 Å². The second kappa shape index (κ2) is 5.52. The van der Waals surface area contributed by atoms with Crippen LogP contribution in [0, 0.1) is 6.92 Å². The molecular weight excluding hydrogens is 240 g/mol. The molecule has 0 radical (unpaired) electrons. The molecule has 1 heterocycles. The van der Waals surface area contributed by atoms with E-state index >= 15 is 0 Å². The summed E-state index contributed by atoms with van der Waals surface area (Å²) in [6.45, 7) is 2.31. The number of nitrogens with zero attached hydrogens (tertiary/aromatic N) is 1. The highest BCUT2D eigenvalue weighted by Gasteiger charge is 2.07. The Labute approximate surface area is 111 Å². The highest BCUT2D eigenvalue weighted by molar-refractivity contribution is 5.95. The van der Waals surface area contributed by atoms with Crippen LogP contribution in [0.4, 0.5) is 0 Å². The third kappa shape index (κ3) is 3.10. The van der Waals surface area contributed by atoms with E-state index < -0.39 is 0 Å². The molecule has 0 aliphatic rings. The van der Waals surface area contributed by atoms with E-state index in [1.54, 1.807) is 25.4 Å². The molecule has 0 saturated carbocycles. The topological polar surface area (TPSA) is 51.1 Å². The lowest BCUT2D eigenvalue weighted by atomic mass is 10.1. The van der Waals surface area contributed by atoms with Gasteiger partial charge in [0, 0.05) is 31.4 Å². The Balaban J connectivity index is 2.06. The number of hydrogen-bond acceptors (Lipinski definition) is 2. The van der Waals surface area contributed by atoms with Crippen LogP contribution < -0.4 is 10.9 Å². The number of carbonyl (C=O) groups is 1. The van der Waals surface area contributed by atoms with Crippen molar-refractivity contribution in [2.24, 2.45) is 7.05 Å². The van der Waals surface area contributed by atoms with Gasteiger partial charge in [-0.05, 0) is 24.1 Å². The number of pyridine rings is 1. The number of hydrogen-bond donors (Lipinski definition) is 1. The minimum Gasteiger partial charge on any atom is -0.348 e. The first-order valence-corrected chi connectivity index (χ1v) is 6.07. The molecule has 4 nitrogen and oxygen atoms in total. The average Bonchev–Trinajstić information content (AvgIpc) is 2.40. The van der Waals surface area contributed by atoms with Gasteiger partial charge in [-0.25, -0.2) is 0 Å². The Morgan fingerprint density at radius 2 is 1.95 bits per heavy atom. The van der Waals surface area contributed by atoms with Crippen molar-refractivity contribution in [1.82, 2.24) is 9.88 Å². The normalized spacial score (nSPS) is 10.2. The van der Waals surface area contributed by atoms with E-state index in [1.165, 1.54) is 10.6 Å². The largest absolute Gasteiger partial charge is 0.348 e. The molecule has 1 aromatic carbocycles. The van der Waals surface area contributed by atoms with Gasteiger partial charge in [0.15, 0.2) is 0 Å². The number of amides is 1. The molecule has 0 fully saturated rings. The van der Waals surface area contributed by atoms with Gasteiger partial charge in [0.05, 0.1) is 0 Å². The number of nitrogens with one attached hydrogen (secondary N) is 1. The molecule has 1 amide bonds. The Kier molecular flexibility index (Phi) is 3.80. The van der Waals surface area contributed by atoms with E-state index in [0.717, 1.165) is 11.1 Å². The summed E-state index contributed by atoms with van der Waals surface area (Å²) in [6, 6.07) is 10.7. The quantitative estimate of drug-likeness (QED) is 0.907. The van der Waals surface area contributed by atoms with E-state index in [-0.39, 0.29) is 11.5 Å². The van der Waals surface area contributed by atoms with Crippen LogP contribution in [-0.4, -0.2) is 10.5 Å². The molecule has 0 saturated heterocycles. The zero-order valence-corrected chi connectivity index (χ0v) is 11.0. The number of aromatic nitrogens is 1. The molecule has 4 heteroatoms. The van der Waals surface area contributed by atoms with E-state index in [2.05, 4.69) is 5.32 Å². The minimum atomic E-state index is -0.105. The summed E-state index contributed by atoms with van der Waals surface area (Å²) in [7, 11) is 1.69. The first-order valence-electron chi connectivity index (χ1n) is 6.07. The van der Waals surface area contributed by atoms with Crippen LogP contribution in [0.25, 0.3) is 0 Å². The van der Waals surface area contributed by atoms with Gasteiger partial charge in [-0.15, -0.1) is 0 Å². The highest BCUT2D eigenvalue weighted by atomic mass is 16.1. The lowest BCUT2D eigenvalue weighted by molar-refractivity contribution is 0.0950. The van der Waals surface area contributed by atoms with E-state index in [4.69, 9.17) is 0 Å². The monoisotopic (exact) mass is 256 g/mol. The molecule has 0 atom stereocenters. The number of benzene rings is 1. The fourth-order valence-corrected chi connectivity index (χ4v) is 1.86. The SMILES string of the molecule is Cc1ccccc1C(=O)NCc1ccc(=O)n(C)c1. The summed E-state index contributed by atoms with van der Waals surface area (Å²) in [6.07, 6.45) is 1.72. The maximum atomic E-state index is 12.0. The van der Waals surface area contributed by atoms with Crippen LogP contribution in [0.5, 0.6) is 0 Å². The molecule has 0 aliphatic carbocycles. The summed E-state index contributed by atoms with van der Waals surface area (Å²) < 4.78 is 1.50. The van der Waals surface area contributed by atoms with E-state index in [9.17, 15) is 9.59 Å². The summed E-state index contributed by atoms with van der Waals surface area (Å²) in [5, 5.41) is 2.85. The Bertz CT molecular complexity index is 659. The Morgan fingerprint density at radius 3 is 2.63 bits per heavy atom.